The van der Waals surface area contributed by atoms with Crippen LogP contribution in [-0.4, -0.2) is 36.5 Å². The number of carboxylic acids is 1. The van der Waals surface area contributed by atoms with E-state index in [0.717, 1.165) is 12.8 Å². The van der Waals surface area contributed by atoms with Crippen molar-refractivity contribution in [1.29, 1.82) is 0 Å². The highest BCUT2D eigenvalue weighted by Crippen LogP contribution is 2.41. The molecular formula is C10H18O4. The molecule has 4 nitrogen and oxygen atoms in total. The number of hydrogen-bond donors (Lipinski definition) is 1. The van der Waals surface area contributed by atoms with Crippen LogP contribution in [0.3, 0.4) is 0 Å². The molecule has 0 radical (unpaired) electrons. The summed E-state index contributed by atoms with van der Waals surface area (Å²) in [5, 5.41) is 9.03. The lowest BCUT2D eigenvalue weighted by Gasteiger charge is -2.24. The number of aliphatic carboxylic acids is 1. The number of hydrogen-bond acceptors (Lipinski definition) is 3. The standard InChI is InChI=1S/C10H18O4/c1-3-13-6-7-14-10(2,9(11)12)8-4-5-8/h8H,3-7H2,1-2H3,(H,11,12). The molecule has 1 N–H and O–H groups in total. The lowest BCUT2D eigenvalue weighted by atomic mass is 10.0. The third kappa shape index (κ3) is 2.69. The van der Waals surface area contributed by atoms with Gasteiger partial charge in [-0.15, -0.1) is 0 Å². The molecule has 0 aromatic heterocycles. The van der Waals surface area contributed by atoms with Crippen LogP contribution in [0.25, 0.3) is 0 Å². The van der Waals surface area contributed by atoms with Crippen LogP contribution in [-0.2, 0) is 14.3 Å². The molecule has 1 rings (SSSR count). The van der Waals surface area contributed by atoms with Crippen LogP contribution in [0, 0.1) is 5.92 Å². The Hall–Kier alpha value is -0.610. The molecule has 1 atom stereocenters. The van der Waals surface area contributed by atoms with Crippen LogP contribution in [0.5, 0.6) is 0 Å². The van der Waals surface area contributed by atoms with Crippen LogP contribution >= 0.6 is 0 Å². The SMILES string of the molecule is CCOCCOC(C)(C(=O)O)C1CC1. The zero-order valence-corrected chi connectivity index (χ0v) is 8.78. The van der Waals surface area contributed by atoms with Crippen molar-refractivity contribution < 1.29 is 19.4 Å². The predicted octanol–water partition coefficient (Wildman–Crippen LogP) is 1.29. The molecule has 0 amide bonds. The lowest BCUT2D eigenvalue weighted by molar-refractivity contribution is -0.168. The van der Waals surface area contributed by atoms with E-state index >= 15 is 0 Å². The maximum Gasteiger partial charge on any atom is 0.335 e. The molecule has 0 saturated heterocycles. The van der Waals surface area contributed by atoms with Gasteiger partial charge in [0, 0.05) is 6.61 Å². The maximum absolute atomic E-state index is 11.0. The molecule has 0 aromatic rings. The van der Waals surface area contributed by atoms with Gasteiger partial charge in [-0.25, -0.2) is 4.79 Å². The second-order valence-corrected chi connectivity index (χ2v) is 3.73. The first-order valence-electron chi connectivity index (χ1n) is 5.06. The summed E-state index contributed by atoms with van der Waals surface area (Å²) < 4.78 is 10.5. The normalized spacial score (nSPS) is 20.4. The quantitative estimate of drug-likeness (QED) is 0.632. The van der Waals surface area contributed by atoms with Crippen LogP contribution < -0.4 is 0 Å². The Morgan fingerprint density at radius 3 is 2.57 bits per heavy atom. The maximum atomic E-state index is 11.0. The highest BCUT2D eigenvalue weighted by atomic mass is 16.6. The number of carboxylic acid groups (broad SMARTS) is 1. The Bertz CT molecular complexity index is 200. The molecule has 1 aliphatic rings. The zero-order chi connectivity index (χ0) is 10.6. The second-order valence-electron chi connectivity index (χ2n) is 3.73. The second kappa shape index (κ2) is 4.75. The first kappa shape index (κ1) is 11.5. The van der Waals surface area contributed by atoms with Crippen LogP contribution in [0.15, 0.2) is 0 Å². The highest BCUT2D eigenvalue weighted by Gasteiger charge is 2.48. The summed E-state index contributed by atoms with van der Waals surface area (Å²) in [5.41, 5.74) is -1.00. The average Bonchev–Trinajstić information content (AvgIpc) is 2.95. The molecule has 0 spiro atoms. The Labute approximate surface area is 84.2 Å². The van der Waals surface area contributed by atoms with Gasteiger partial charge in [-0.05, 0) is 32.6 Å². The molecule has 0 heterocycles. The van der Waals surface area contributed by atoms with Crippen LogP contribution in [0.4, 0.5) is 0 Å². The average molecular weight is 202 g/mol. The van der Waals surface area contributed by atoms with Gasteiger partial charge in [0.15, 0.2) is 5.60 Å². The third-order valence-corrected chi connectivity index (χ3v) is 2.61. The molecule has 1 unspecified atom stereocenters. The lowest BCUT2D eigenvalue weighted by Crippen LogP contribution is -2.41. The summed E-state index contributed by atoms with van der Waals surface area (Å²) >= 11 is 0. The van der Waals surface area contributed by atoms with Gasteiger partial charge in [0.05, 0.1) is 13.2 Å². The first-order chi connectivity index (χ1) is 6.61. The summed E-state index contributed by atoms with van der Waals surface area (Å²) in [7, 11) is 0. The summed E-state index contributed by atoms with van der Waals surface area (Å²) in [6.45, 7) is 5.01. The van der Waals surface area contributed by atoms with E-state index in [1.54, 1.807) is 6.92 Å². The minimum Gasteiger partial charge on any atom is -0.479 e. The topological polar surface area (TPSA) is 55.8 Å². The van der Waals surface area contributed by atoms with Crippen LogP contribution in [0.1, 0.15) is 26.7 Å². The van der Waals surface area contributed by atoms with Crippen molar-refractivity contribution in [3.8, 4) is 0 Å². The van der Waals surface area contributed by atoms with Crippen molar-refractivity contribution >= 4 is 5.97 Å². The molecule has 0 aromatic carbocycles. The van der Waals surface area contributed by atoms with E-state index in [-0.39, 0.29) is 5.92 Å². The van der Waals surface area contributed by atoms with Gasteiger partial charge < -0.3 is 14.6 Å². The molecule has 1 aliphatic carbocycles. The van der Waals surface area contributed by atoms with Crippen molar-refractivity contribution in [3.05, 3.63) is 0 Å². The van der Waals surface area contributed by atoms with E-state index in [1.165, 1.54) is 0 Å². The molecule has 0 bridgehead atoms. The highest BCUT2D eigenvalue weighted by molar-refractivity contribution is 5.77. The monoisotopic (exact) mass is 202 g/mol. The van der Waals surface area contributed by atoms with E-state index in [9.17, 15) is 4.79 Å². The van der Waals surface area contributed by atoms with Gasteiger partial charge >= 0.3 is 5.97 Å². The van der Waals surface area contributed by atoms with Gasteiger partial charge in [-0.1, -0.05) is 0 Å². The largest absolute Gasteiger partial charge is 0.479 e. The first-order valence-corrected chi connectivity index (χ1v) is 5.06. The fourth-order valence-corrected chi connectivity index (χ4v) is 1.45. The van der Waals surface area contributed by atoms with E-state index in [0.29, 0.717) is 19.8 Å². The van der Waals surface area contributed by atoms with Crippen molar-refractivity contribution in [2.75, 3.05) is 19.8 Å². The summed E-state index contributed by atoms with van der Waals surface area (Å²) in [6, 6.07) is 0. The molecule has 1 saturated carbocycles. The van der Waals surface area contributed by atoms with Gasteiger partial charge in [-0.2, -0.15) is 0 Å². The Kier molecular flexibility index (Phi) is 3.89. The molecular weight excluding hydrogens is 184 g/mol. The zero-order valence-electron chi connectivity index (χ0n) is 8.78. The third-order valence-electron chi connectivity index (χ3n) is 2.61. The van der Waals surface area contributed by atoms with E-state index in [1.807, 2.05) is 6.92 Å². The van der Waals surface area contributed by atoms with Gasteiger partial charge in [0.2, 0.25) is 0 Å². The summed E-state index contributed by atoms with van der Waals surface area (Å²) in [4.78, 5) is 11.0. The molecule has 14 heavy (non-hydrogen) atoms. The Morgan fingerprint density at radius 1 is 1.50 bits per heavy atom. The van der Waals surface area contributed by atoms with Crippen molar-refractivity contribution in [2.45, 2.75) is 32.3 Å². The fraction of sp³-hybridized carbons (Fsp3) is 0.900. The Balaban J connectivity index is 2.32. The predicted molar refractivity (Wildman–Crippen MR) is 51.2 cm³/mol. The van der Waals surface area contributed by atoms with Crippen molar-refractivity contribution in [1.82, 2.24) is 0 Å². The molecule has 82 valence electrons. The number of ether oxygens (including phenoxy) is 2. The van der Waals surface area contributed by atoms with Crippen LogP contribution in [0.2, 0.25) is 0 Å². The molecule has 0 aliphatic heterocycles. The summed E-state index contributed by atoms with van der Waals surface area (Å²) in [5.74, 6) is -0.682. The smallest absolute Gasteiger partial charge is 0.335 e. The number of rotatable bonds is 7. The molecule has 1 fully saturated rings. The van der Waals surface area contributed by atoms with E-state index in [2.05, 4.69) is 0 Å². The van der Waals surface area contributed by atoms with Crippen molar-refractivity contribution in [3.63, 3.8) is 0 Å². The minimum absolute atomic E-state index is 0.182. The Morgan fingerprint density at radius 2 is 2.14 bits per heavy atom. The van der Waals surface area contributed by atoms with E-state index < -0.39 is 11.6 Å². The minimum atomic E-state index is -1.00. The van der Waals surface area contributed by atoms with Gasteiger partial charge in [0.1, 0.15) is 0 Å². The van der Waals surface area contributed by atoms with E-state index in [4.69, 9.17) is 14.6 Å². The fourth-order valence-electron chi connectivity index (χ4n) is 1.45. The summed E-state index contributed by atoms with van der Waals surface area (Å²) in [6.07, 6.45) is 1.91. The van der Waals surface area contributed by atoms with Gasteiger partial charge in [0.25, 0.3) is 0 Å². The number of carbonyl (C=O) groups is 1. The molecule has 4 heteroatoms. The van der Waals surface area contributed by atoms with Gasteiger partial charge in [-0.3, -0.25) is 0 Å². The van der Waals surface area contributed by atoms with Crippen molar-refractivity contribution in [2.24, 2.45) is 5.92 Å².